The zero-order valence-electron chi connectivity index (χ0n) is 37.4. The van der Waals surface area contributed by atoms with Crippen molar-refractivity contribution in [2.75, 3.05) is 0 Å². The molecule has 10 N–H and O–H groups in total. The molecule has 1 heterocycles. The minimum absolute atomic E-state index is 0.0409. The number of phenols is 1. The highest BCUT2D eigenvalue weighted by Crippen LogP contribution is 2.22. The third-order valence-electron chi connectivity index (χ3n) is 10.9. The average Bonchev–Trinajstić information content (AvgIpc) is 3.20. The van der Waals surface area contributed by atoms with Gasteiger partial charge in [-0.15, -0.1) is 0 Å². The number of phenolic OH excluding ortho intramolecular Hbond substituents is 1. The first-order valence-electron chi connectivity index (χ1n) is 22.0. The molecule has 0 radical (unpaired) electrons. The van der Waals surface area contributed by atoms with E-state index in [1.165, 1.54) is 57.9 Å². The Hall–Kier alpha value is -5.26. The minimum Gasteiger partial charge on any atom is -0.508 e. The number of cyclic esters (lactones) is 1. The van der Waals surface area contributed by atoms with E-state index in [1.54, 1.807) is 13.8 Å². The molecule has 62 heavy (non-hydrogen) atoms. The van der Waals surface area contributed by atoms with Gasteiger partial charge in [-0.2, -0.15) is 0 Å². The normalized spacial score (nSPS) is 25.0. The molecule has 348 valence electrons. The molecule has 18 nitrogen and oxygen atoms in total. The number of benzene rings is 1. The first kappa shape index (κ1) is 52.9. The van der Waals surface area contributed by atoms with Crippen molar-refractivity contribution in [3.8, 4) is 5.75 Å². The van der Waals surface area contributed by atoms with Gasteiger partial charge in [-0.25, -0.2) is 4.79 Å². The van der Waals surface area contributed by atoms with Gasteiger partial charge in [0.1, 0.15) is 48.1 Å². The van der Waals surface area contributed by atoms with Crippen molar-refractivity contribution in [2.45, 2.75) is 180 Å². The molecular weight excluding hydrogens is 803 g/mol. The molecule has 1 aromatic rings. The summed E-state index contributed by atoms with van der Waals surface area (Å²) in [4.78, 5) is 107. The molecular formula is C44H71N7O11. The van der Waals surface area contributed by atoms with E-state index in [9.17, 15) is 48.6 Å². The zero-order chi connectivity index (χ0) is 46.5. The van der Waals surface area contributed by atoms with Crippen LogP contribution in [0.4, 0.5) is 0 Å². The van der Waals surface area contributed by atoms with E-state index in [0.717, 1.165) is 38.5 Å². The number of nitrogens with two attached hydrogens (primary N) is 1. The summed E-state index contributed by atoms with van der Waals surface area (Å²) in [6, 6.07) is -2.27. The van der Waals surface area contributed by atoms with Gasteiger partial charge in [0.25, 0.3) is 0 Å². The van der Waals surface area contributed by atoms with Gasteiger partial charge >= 0.3 is 5.97 Å². The van der Waals surface area contributed by atoms with Gasteiger partial charge in [-0.1, -0.05) is 91.2 Å². The van der Waals surface area contributed by atoms with E-state index in [0.29, 0.717) is 12.0 Å². The number of esters is 1. The van der Waals surface area contributed by atoms with Gasteiger partial charge in [0.05, 0.1) is 12.5 Å². The van der Waals surface area contributed by atoms with Crippen molar-refractivity contribution < 1.29 is 53.3 Å². The second kappa shape index (κ2) is 26.9. The molecule has 0 aliphatic carbocycles. The van der Waals surface area contributed by atoms with Crippen LogP contribution < -0.4 is 37.6 Å². The number of primary amides is 1. The van der Waals surface area contributed by atoms with Gasteiger partial charge in [0.15, 0.2) is 0 Å². The second-order valence-electron chi connectivity index (χ2n) is 16.9. The molecule has 1 aromatic carbocycles. The Kier molecular flexibility index (Phi) is 23.0. The SMILES string of the molecule is CCCCCCCCCC[C@H](C)[C@@H]1CC(=O)N[C@H]([C@@H](C)O)C(=O)N[C@@H](C)C(=O)N[C@H](C)C(=O)N[C@@H](CCC(N)=O)C(=O)N[C@H](Cc2ccc(O)cc2)C(=O)NC(C(C)C)C(=O)O1. The summed E-state index contributed by atoms with van der Waals surface area (Å²) in [6.45, 7) is 11.3. The van der Waals surface area contributed by atoms with E-state index in [2.05, 4.69) is 38.8 Å². The largest absolute Gasteiger partial charge is 0.508 e. The Bertz CT molecular complexity index is 1660. The maximum Gasteiger partial charge on any atom is 0.329 e. The predicted octanol–water partition coefficient (Wildman–Crippen LogP) is 1.67. The van der Waals surface area contributed by atoms with Crippen LogP contribution >= 0.6 is 0 Å². The molecule has 0 aromatic heterocycles. The smallest absolute Gasteiger partial charge is 0.329 e. The predicted molar refractivity (Wildman–Crippen MR) is 231 cm³/mol. The van der Waals surface area contributed by atoms with Crippen LogP contribution in [0.5, 0.6) is 5.75 Å². The Morgan fingerprint density at radius 2 is 1.24 bits per heavy atom. The van der Waals surface area contributed by atoms with Crippen LogP contribution in [0.15, 0.2) is 24.3 Å². The maximum absolute atomic E-state index is 14.2. The number of unbranched alkanes of at least 4 members (excludes halogenated alkanes) is 7. The van der Waals surface area contributed by atoms with E-state index in [4.69, 9.17) is 10.5 Å². The van der Waals surface area contributed by atoms with E-state index in [-0.39, 0.29) is 30.9 Å². The van der Waals surface area contributed by atoms with Crippen LogP contribution in [-0.4, -0.2) is 106 Å². The number of rotatable bonds is 17. The third kappa shape index (κ3) is 18.8. The van der Waals surface area contributed by atoms with Crippen molar-refractivity contribution in [2.24, 2.45) is 17.6 Å². The molecule has 1 fully saturated rings. The quantitative estimate of drug-likeness (QED) is 0.0802. The Balaban J connectivity index is 2.58. The van der Waals surface area contributed by atoms with Gasteiger partial charge in [0.2, 0.25) is 41.4 Å². The lowest BCUT2D eigenvalue weighted by Gasteiger charge is -2.30. The highest BCUT2D eigenvalue weighted by molar-refractivity contribution is 5.97. The van der Waals surface area contributed by atoms with Gasteiger partial charge < -0.3 is 52.6 Å². The number of aromatic hydroxyl groups is 1. The number of hydrogen-bond acceptors (Lipinski definition) is 11. The van der Waals surface area contributed by atoms with E-state index in [1.807, 2.05) is 6.92 Å². The van der Waals surface area contributed by atoms with Gasteiger partial charge in [0, 0.05) is 12.8 Å². The van der Waals surface area contributed by atoms with Crippen LogP contribution in [0.2, 0.25) is 0 Å². The number of aliphatic hydroxyl groups excluding tert-OH is 1. The maximum atomic E-state index is 14.2. The van der Waals surface area contributed by atoms with Crippen molar-refractivity contribution in [3.63, 3.8) is 0 Å². The third-order valence-corrected chi connectivity index (χ3v) is 10.9. The lowest BCUT2D eigenvalue weighted by Crippen LogP contribution is -2.60. The molecule has 1 aliphatic rings. The van der Waals surface area contributed by atoms with Crippen LogP contribution in [-0.2, 0) is 49.5 Å². The first-order chi connectivity index (χ1) is 29.2. The van der Waals surface area contributed by atoms with Crippen LogP contribution in [0.3, 0.4) is 0 Å². The van der Waals surface area contributed by atoms with E-state index >= 15 is 0 Å². The first-order valence-corrected chi connectivity index (χ1v) is 22.0. The summed E-state index contributed by atoms with van der Waals surface area (Å²) in [5.74, 6) is -7.54. The van der Waals surface area contributed by atoms with E-state index < -0.39 is 108 Å². The molecule has 0 saturated carbocycles. The summed E-state index contributed by atoms with van der Waals surface area (Å²) in [5, 5.41) is 35.6. The molecule has 7 amide bonds. The molecule has 9 atom stereocenters. The molecule has 0 bridgehead atoms. The standard InChI is InChI=1S/C44H71N7O11/c1-8-9-10-11-12-13-14-15-16-26(4)34-24-36(55)50-38(29(7)52)43(60)47-27(5)39(56)46-28(6)40(57)48-32(21-22-35(45)54)41(58)49-33(23-30-17-19-31(53)20-18-30)42(59)51-37(25(2)3)44(61)62-34/h17-20,25-29,32-34,37-38,52-53H,8-16,21-24H2,1-7H3,(H2,45,54)(H,46,56)(H,47,60)(H,48,57)(H,49,58)(H,50,55)(H,51,59)/t26-,27-,28+,29+,32-,33+,34-,37?,38+/m0/s1. The summed E-state index contributed by atoms with van der Waals surface area (Å²) < 4.78 is 6.04. The van der Waals surface area contributed by atoms with Crippen molar-refractivity contribution >= 4 is 47.3 Å². The fourth-order valence-electron chi connectivity index (χ4n) is 6.91. The topological polar surface area (TPSA) is 284 Å². The molecule has 1 unspecified atom stereocenters. The number of carbonyl (C=O) groups excluding carboxylic acids is 8. The molecule has 18 heteroatoms. The number of carbonyl (C=O) groups is 8. The lowest BCUT2D eigenvalue weighted by molar-refractivity contribution is -0.158. The molecule has 1 saturated heterocycles. The van der Waals surface area contributed by atoms with Crippen molar-refractivity contribution in [3.05, 3.63) is 29.8 Å². The van der Waals surface area contributed by atoms with Crippen molar-refractivity contribution in [1.82, 2.24) is 31.9 Å². The summed E-state index contributed by atoms with van der Waals surface area (Å²) in [6.07, 6.45) is 5.57. The average molecular weight is 874 g/mol. The zero-order valence-corrected chi connectivity index (χ0v) is 37.4. The van der Waals surface area contributed by atoms with Crippen LogP contribution in [0, 0.1) is 11.8 Å². The fraction of sp³-hybridized carbons (Fsp3) is 0.682. The number of ether oxygens (including phenoxy) is 1. The Labute approximate surface area is 365 Å². The molecule has 2 rings (SSSR count). The second-order valence-corrected chi connectivity index (χ2v) is 16.9. The number of aliphatic hydroxyl groups is 1. The minimum atomic E-state index is -1.52. The number of amides is 7. The van der Waals surface area contributed by atoms with Crippen LogP contribution in [0.1, 0.15) is 131 Å². The molecule has 0 spiro atoms. The summed E-state index contributed by atoms with van der Waals surface area (Å²) in [5.41, 5.74) is 5.89. The van der Waals surface area contributed by atoms with Crippen molar-refractivity contribution in [1.29, 1.82) is 0 Å². The van der Waals surface area contributed by atoms with Gasteiger partial charge in [-0.3, -0.25) is 33.6 Å². The number of hydrogen-bond donors (Lipinski definition) is 9. The monoisotopic (exact) mass is 874 g/mol. The highest BCUT2D eigenvalue weighted by Gasteiger charge is 2.36. The Morgan fingerprint density at radius 1 is 0.710 bits per heavy atom. The summed E-state index contributed by atoms with van der Waals surface area (Å²) in [7, 11) is 0. The Morgan fingerprint density at radius 3 is 1.81 bits per heavy atom. The highest BCUT2D eigenvalue weighted by atomic mass is 16.5. The molecule has 1 aliphatic heterocycles. The lowest BCUT2D eigenvalue weighted by atomic mass is 9.93. The number of nitrogens with one attached hydrogen (secondary N) is 6. The van der Waals surface area contributed by atoms with Gasteiger partial charge in [-0.05, 0) is 63.1 Å². The fourth-order valence-corrected chi connectivity index (χ4v) is 6.91. The van der Waals surface area contributed by atoms with Crippen LogP contribution in [0.25, 0.3) is 0 Å². The summed E-state index contributed by atoms with van der Waals surface area (Å²) >= 11 is 0.